The predicted octanol–water partition coefficient (Wildman–Crippen LogP) is 1.60. The molecule has 5 heteroatoms. The number of nitrogens with zero attached hydrogens (tertiary/aromatic N) is 2. The Morgan fingerprint density at radius 2 is 1.94 bits per heavy atom. The van der Waals surface area contributed by atoms with E-state index >= 15 is 0 Å². The van der Waals surface area contributed by atoms with Crippen LogP contribution in [0.3, 0.4) is 0 Å². The van der Waals surface area contributed by atoms with Crippen LogP contribution in [0.15, 0.2) is 41.5 Å². The van der Waals surface area contributed by atoms with Crippen molar-refractivity contribution in [1.82, 2.24) is 15.0 Å². The van der Waals surface area contributed by atoms with Crippen molar-refractivity contribution < 1.29 is 0 Å². The van der Waals surface area contributed by atoms with Gasteiger partial charge in [0.1, 0.15) is 6.33 Å². The normalized spacial score (nSPS) is 10.2. The summed E-state index contributed by atoms with van der Waals surface area (Å²) in [6.45, 7) is 0.791. The number of anilines is 1. The molecule has 0 saturated carbocycles. The summed E-state index contributed by atoms with van der Waals surface area (Å²) in [5.41, 5.74) is 0.977. The van der Waals surface area contributed by atoms with Gasteiger partial charge in [-0.1, -0.05) is 30.3 Å². The average Bonchev–Trinajstić information content (AvgIpc) is 2.40. The molecule has 0 fully saturated rings. The van der Waals surface area contributed by atoms with E-state index in [9.17, 15) is 4.79 Å². The molecule has 1 aromatic heterocycles. The lowest BCUT2D eigenvalue weighted by atomic mass is 10.1. The number of hydrogen-bond acceptors (Lipinski definition) is 4. The van der Waals surface area contributed by atoms with Crippen molar-refractivity contribution in [2.24, 2.45) is 0 Å². The smallest absolute Gasteiger partial charge is 0.349 e. The molecule has 94 valence electrons. The molecule has 0 atom stereocenters. The second kappa shape index (κ2) is 6.54. The Morgan fingerprint density at radius 3 is 2.72 bits per heavy atom. The molecule has 0 aliphatic rings. The predicted molar refractivity (Wildman–Crippen MR) is 70.5 cm³/mol. The Morgan fingerprint density at radius 1 is 1.11 bits per heavy atom. The second-order valence-electron chi connectivity index (χ2n) is 4.02. The number of aromatic amines is 1. The maximum atomic E-state index is 10.9. The largest absolute Gasteiger partial charge is 0.356 e. The third kappa shape index (κ3) is 4.01. The quantitative estimate of drug-likeness (QED) is 0.757. The first-order chi connectivity index (χ1) is 8.84. The van der Waals surface area contributed by atoms with Gasteiger partial charge in [-0.25, -0.2) is 9.78 Å². The van der Waals surface area contributed by atoms with Crippen molar-refractivity contribution >= 4 is 5.95 Å². The van der Waals surface area contributed by atoms with Crippen LogP contribution in [-0.2, 0) is 6.42 Å². The van der Waals surface area contributed by atoms with Crippen molar-refractivity contribution in [3.05, 3.63) is 52.7 Å². The summed E-state index contributed by atoms with van der Waals surface area (Å²) in [7, 11) is 0. The number of benzene rings is 1. The molecule has 1 heterocycles. The van der Waals surface area contributed by atoms with Crippen molar-refractivity contribution in [3.8, 4) is 0 Å². The maximum absolute atomic E-state index is 10.9. The van der Waals surface area contributed by atoms with Crippen molar-refractivity contribution in [2.75, 3.05) is 11.9 Å². The third-order valence-corrected chi connectivity index (χ3v) is 2.61. The molecule has 0 radical (unpaired) electrons. The van der Waals surface area contributed by atoms with Crippen LogP contribution < -0.4 is 11.0 Å². The Kier molecular flexibility index (Phi) is 4.46. The first-order valence-corrected chi connectivity index (χ1v) is 6.04. The van der Waals surface area contributed by atoms with Crippen molar-refractivity contribution in [1.29, 1.82) is 0 Å². The highest BCUT2D eigenvalue weighted by atomic mass is 16.1. The van der Waals surface area contributed by atoms with E-state index in [0.717, 1.165) is 25.8 Å². The van der Waals surface area contributed by atoms with E-state index in [4.69, 9.17) is 0 Å². The molecule has 0 unspecified atom stereocenters. The number of aromatic nitrogens is 3. The van der Waals surface area contributed by atoms with Gasteiger partial charge in [-0.2, -0.15) is 4.98 Å². The Balaban J connectivity index is 1.66. The maximum Gasteiger partial charge on any atom is 0.349 e. The van der Waals surface area contributed by atoms with E-state index in [1.165, 1.54) is 11.9 Å². The third-order valence-electron chi connectivity index (χ3n) is 2.61. The molecule has 2 aromatic rings. The van der Waals surface area contributed by atoms with E-state index in [1.807, 2.05) is 6.07 Å². The van der Waals surface area contributed by atoms with Crippen LogP contribution in [0, 0.1) is 0 Å². The van der Waals surface area contributed by atoms with Crippen LogP contribution >= 0.6 is 0 Å². The SMILES string of the molecule is O=c1ncnc(NCCCCc2ccccc2)[nH]1. The molecule has 0 aliphatic carbocycles. The molecule has 0 spiro atoms. The minimum Gasteiger partial charge on any atom is -0.356 e. The summed E-state index contributed by atoms with van der Waals surface area (Å²) >= 11 is 0. The van der Waals surface area contributed by atoms with Crippen LogP contribution in [0.5, 0.6) is 0 Å². The Bertz CT molecular complexity index is 524. The molecular formula is C13H16N4O. The minimum absolute atomic E-state index is 0.378. The van der Waals surface area contributed by atoms with Gasteiger partial charge in [-0.3, -0.25) is 4.98 Å². The van der Waals surface area contributed by atoms with E-state index in [1.54, 1.807) is 0 Å². The fourth-order valence-corrected chi connectivity index (χ4v) is 1.70. The van der Waals surface area contributed by atoms with Gasteiger partial charge in [0.2, 0.25) is 5.95 Å². The highest BCUT2D eigenvalue weighted by Crippen LogP contribution is 2.04. The summed E-state index contributed by atoms with van der Waals surface area (Å²) in [4.78, 5) is 20.8. The molecule has 2 rings (SSSR count). The Labute approximate surface area is 105 Å². The van der Waals surface area contributed by atoms with Gasteiger partial charge in [0.25, 0.3) is 0 Å². The number of rotatable bonds is 6. The average molecular weight is 244 g/mol. The van der Waals surface area contributed by atoms with Crippen LogP contribution in [0.2, 0.25) is 0 Å². The zero-order valence-corrected chi connectivity index (χ0v) is 10.1. The summed E-state index contributed by atoms with van der Waals surface area (Å²) in [6, 6.07) is 10.4. The summed E-state index contributed by atoms with van der Waals surface area (Å²) in [5, 5.41) is 3.07. The first-order valence-electron chi connectivity index (χ1n) is 6.04. The van der Waals surface area contributed by atoms with Crippen molar-refractivity contribution in [3.63, 3.8) is 0 Å². The lowest BCUT2D eigenvalue weighted by Crippen LogP contribution is -2.15. The van der Waals surface area contributed by atoms with Crippen LogP contribution in [0.1, 0.15) is 18.4 Å². The first kappa shape index (κ1) is 12.3. The van der Waals surface area contributed by atoms with Gasteiger partial charge in [0.15, 0.2) is 0 Å². The number of nitrogens with one attached hydrogen (secondary N) is 2. The fourth-order valence-electron chi connectivity index (χ4n) is 1.70. The number of H-pyrrole nitrogens is 1. The van der Waals surface area contributed by atoms with E-state index in [0.29, 0.717) is 5.95 Å². The minimum atomic E-state index is -0.378. The van der Waals surface area contributed by atoms with E-state index < -0.39 is 0 Å². The van der Waals surface area contributed by atoms with Crippen LogP contribution in [-0.4, -0.2) is 21.5 Å². The molecule has 0 saturated heterocycles. The standard InChI is InChI=1S/C13H16N4O/c18-13-16-10-15-12(17-13)14-9-5-4-8-11-6-2-1-3-7-11/h1-3,6-7,10H,4-5,8-9H2,(H2,14,15,16,17,18). The van der Waals surface area contributed by atoms with Gasteiger partial charge >= 0.3 is 5.69 Å². The second-order valence-corrected chi connectivity index (χ2v) is 4.02. The van der Waals surface area contributed by atoms with Gasteiger partial charge in [-0.15, -0.1) is 0 Å². The molecule has 0 aliphatic heterocycles. The molecule has 5 nitrogen and oxygen atoms in total. The van der Waals surface area contributed by atoms with Crippen LogP contribution in [0.25, 0.3) is 0 Å². The number of aryl methyl sites for hydroxylation is 1. The number of hydrogen-bond donors (Lipinski definition) is 2. The van der Waals surface area contributed by atoms with E-state index in [2.05, 4.69) is 44.5 Å². The number of unbranched alkanes of at least 4 members (excludes halogenated alkanes) is 1. The molecule has 1 aromatic carbocycles. The van der Waals surface area contributed by atoms with Gasteiger partial charge < -0.3 is 5.32 Å². The molecule has 2 N–H and O–H groups in total. The highest BCUT2D eigenvalue weighted by molar-refractivity contribution is 5.20. The summed E-state index contributed by atoms with van der Waals surface area (Å²) in [5.74, 6) is 0.481. The lowest BCUT2D eigenvalue weighted by molar-refractivity contribution is 0.757. The molecule has 18 heavy (non-hydrogen) atoms. The monoisotopic (exact) mass is 244 g/mol. The zero-order valence-electron chi connectivity index (χ0n) is 10.1. The lowest BCUT2D eigenvalue weighted by Gasteiger charge is -2.04. The molecular weight excluding hydrogens is 228 g/mol. The highest BCUT2D eigenvalue weighted by Gasteiger charge is 1.95. The topological polar surface area (TPSA) is 70.7 Å². The molecule has 0 amide bonds. The summed E-state index contributed by atoms with van der Waals surface area (Å²) in [6.07, 6.45) is 4.46. The fraction of sp³-hybridized carbons (Fsp3) is 0.308. The summed E-state index contributed by atoms with van der Waals surface area (Å²) < 4.78 is 0. The zero-order chi connectivity index (χ0) is 12.6. The van der Waals surface area contributed by atoms with Crippen LogP contribution in [0.4, 0.5) is 5.95 Å². The van der Waals surface area contributed by atoms with Gasteiger partial charge in [0.05, 0.1) is 0 Å². The van der Waals surface area contributed by atoms with Crippen molar-refractivity contribution in [2.45, 2.75) is 19.3 Å². The van der Waals surface area contributed by atoms with E-state index in [-0.39, 0.29) is 5.69 Å². The Hall–Kier alpha value is -2.17. The molecule has 0 bridgehead atoms. The van der Waals surface area contributed by atoms with Gasteiger partial charge in [-0.05, 0) is 24.8 Å². The van der Waals surface area contributed by atoms with Gasteiger partial charge in [0, 0.05) is 6.54 Å².